The summed E-state index contributed by atoms with van der Waals surface area (Å²) in [5.74, 6) is 0.140. The van der Waals surface area contributed by atoms with Crippen LogP contribution in [0.3, 0.4) is 0 Å². The van der Waals surface area contributed by atoms with Crippen molar-refractivity contribution in [3.8, 4) is 0 Å². The Morgan fingerprint density at radius 2 is 1.88 bits per heavy atom. The number of nitrogens with zero attached hydrogens (tertiary/aromatic N) is 2. The molecule has 1 aromatic rings. The first-order valence-corrected chi connectivity index (χ1v) is 9.37. The van der Waals surface area contributed by atoms with Crippen LogP contribution in [0.2, 0.25) is 0 Å². The SMILES string of the molecule is CCC1(CO)CCN(C(=O)c2cccc(CN3CCCC3)c2)CC1. The molecule has 0 aromatic heterocycles. The molecule has 2 heterocycles. The lowest BCUT2D eigenvalue weighted by atomic mass is 9.77. The average Bonchev–Trinajstić information content (AvgIpc) is 3.14. The second-order valence-electron chi connectivity index (χ2n) is 7.49. The predicted octanol–water partition coefficient (Wildman–Crippen LogP) is 2.91. The highest BCUT2D eigenvalue weighted by molar-refractivity contribution is 5.94. The van der Waals surface area contributed by atoms with Crippen LogP contribution in [0.1, 0.15) is 54.9 Å². The van der Waals surface area contributed by atoms with Gasteiger partial charge in [0.2, 0.25) is 0 Å². The lowest BCUT2D eigenvalue weighted by Gasteiger charge is -2.40. The maximum atomic E-state index is 12.8. The van der Waals surface area contributed by atoms with Crippen LogP contribution in [-0.2, 0) is 6.54 Å². The second-order valence-corrected chi connectivity index (χ2v) is 7.49. The largest absolute Gasteiger partial charge is 0.396 e. The zero-order valence-corrected chi connectivity index (χ0v) is 14.8. The Morgan fingerprint density at radius 3 is 2.50 bits per heavy atom. The number of hydrogen-bond acceptors (Lipinski definition) is 3. The molecule has 0 radical (unpaired) electrons. The molecule has 0 atom stereocenters. The van der Waals surface area contributed by atoms with Gasteiger partial charge in [-0.1, -0.05) is 19.1 Å². The third kappa shape index (κ3) is 3.81. The zero-order valence-electron chi connectivity index (χ0n) is 14.8. The van der Waals surface area contributed by atoms with Crippen molar-refractivity contribution in [2.75, 3.05) is 32.8 Å². The predicted molar refractivity (Wildman–Crippen MR) is 95.9 cm³/mol. The molecule has 2 aliphatic rings. The lowest BCUT2D eigenvalue weighted by molar-refractivity contribution is 0.0338. The van der Waals surface area contributed by atoms with Gasteiger partial charge in [-0.2, -0.15) is 0 Å². The van der Waals surface area contributed by atoms with Crippen LogP contribution in [0.15, 0.2) is 24.3 Å². The first-order chi connectivity index (χ1) is 11.7. The summed E-state index contributed by atoms with van der Waals surface area (Å²) < 4.78 is 0. The van der Waals surface area contributed by atoms with Gasteiger partial charge in [-0.05, 0) is 68.3 Å². The van der Waals surface area contributed by atoms with Gasteiger partial charge >= 0.3 is 0 Å². The topological polar surface area (TPSA) is 43.8 Å². The van der Waals surface area contributed by atoms with Crippen LogP contribution >= 0.6 is 0 Å². The smallest absolute Gasteiger partial charge is 0.253 e. The summed E-state index contributed by atoms with van der Waals surface area (Å²) in [5.41, 5.74) is 2.06. The summed E-state index contributed by atoms with van der Waals surface area (Å²) in [6.07, 6.45) is 5.36. The number of aliphatic hydroxyl groups excluding tert-OH is 1. The number of benzene rings is 1. The monoisotopic (exact) mass is 330 g/mol. The molecule has 2 saturated heterocycles. The molecule has 2 fully saturated rings. The highest BCUT2D eigenvalue weighted by atomic mass is 16.3. The fourth-order valence-electron chi connectivity index (χ4n) is 3.99. The summed E-state index contributed by atoms with van der Waals surface area (Å²) in [5, 5.41) is 9.65. The number of rotatable bonds is 5. The Hall–Kier alpha value is -1.39. The number of carbonyl (C=O) groups excluding carboxylic acids is 1. The van der Waals surface area contributed by atoms with E-state index in [2.05, 4.69) is 24.0 Å². The Labute approximate surface area is 145 Å². The van der Waals surface area contributed by atoms with E-state index in [0.717, 1.165) is 44.5 Å². The van der Waals surface area contributed by atoms with E-state index in [-0.39, 0.29) is 17.9 Å². The van der Waals surface area contributed by atoms with Gasteiger partial charge in [0.15, 0.2) is 0 Å². The fourth-order valence-corrected chi connectivity index (χ4v) is 3.99. The Kier molecular flexibility index (Phi) is 5.57. The molecule has 0 saturated carbocycles. The molecule has 3 rings (SSSR count). The van der Waals surface area contributed by atoms with Crippen LogP contribution in [0.25, 0.3) is 0 Å². The molecule has 1 aromatic carbocycles. The molecular weight excluding hydrogens is 300 g/mol. The summed E-state index contributed by atoms with van der Waals surface area (Å²) >= 11 is 0. The van der Waals surface area contributed by atoms with E-state index >= 15 is 0 Å². The normalized spacial score (nSPS) is 21.2. The molecule has 4 nitrogen and oxygen atoms in total. The van der Waals surface area contributed by atoms with E-state index in [4.69, 9.17) is 0 Å². The molecule has 0 aliphatic carbocycles. The van der Waals surface area contributed by atoms with Crippen LogP contribution in [0, 0.1) is 5.41 Å². The van der Waals surface area contributed by atoms with E-state index < -0.39 is 0 Å². The minimum Gasteiger partial charge on any atom is -0.396 e. The number of carbonyl (C=O) groups is 1. The lowest BCUT2D eigenvalue weighted by Crippen LogP contribution is -2.44. The van der Waals surface area contributed by atoms with Crippen LogP contribution in [-0.4, -0.2) is 53.6 Å². The minimum atomic E-state index is 0.0222. The van der Waals surface area contributed by atoms with Crippen LogP contribution < -0.4 is 0 Å². The average molecular weight is 330 g/mol. The summed E-state index contributed by atoms with van der Waals surface area (Å²) in [6.45, 7) is 7.17. The molecule has 0 spiro atoms. The summed E-state index contributed by atoms with van der Waals surface area (Å²) in [4.78, 5) is 17.2. The third-order valence-electron chi connectivity index (χ3n) is 5.98. The van der Waals surface area contributed by atoms with Gasteiger partial charge in [-0.15, -0.1) is 0 Å². The van der Waals surface area contributed by atoms with Crippen molar-refractivity contribution in [2.45, 2.75) is 45.6 Å². The van der Waals surface area contributed by atoms with E-state index in [0.29, 0.717) is 0 Å². The molecule has 132 valence electrons. The maximum absolute atomic E-state index is 12.8. The van der Waals surface area contributed by atoms with Crippen LogP contribution in [0.4, 0.5) is 0 Å². The van der Waals surface area contributed by atoms with E-state index in [9.17, 15) is 9.90 Å². The minimum absolute atomic E-state index is 0.0222. The van der Waals surface area contributed by atoms with Gasteiger partial charge < -0.3 is 10.0 Å². The molecule has 1 N–H and O–H groups in total. The second kappa shape index (κ2) is 7.66. The number of hydrogen-bond donors (Lipinski definition) is 1. The van der Waals surface area contributed by atoms with Gasteiger partial charge in [-0.3, -0.25) is 9.69 Å². The summed E-state index contributed by atoms with van der Waals surface area (Å²) in [7, 11) is 0. The van der Waals surface area contributed by atoms with Crippen molar-refractivity contribution in [3.63, 3.8) is 0 Å². The Morgan fingerprint density at radius 1 is 1.17 bits per heavy atom. The molecule has 0 unspecified atom stereocenters. The standard InChI is InChI=1S/C20H30N2O2/c1-2-20(16-23)8-12-22(13-9-20)19(24)18-7-5-6-17(14-18)15-21-10-3-4-11-21/h5-7,14,23H,2-4,8-13,15-16H2,1H3. The molecule has 2 aliphatic heterocycles. The van der Waals surface area contributed by atoms with Crippen molar-refractivity contribution in [1.29, 1.82) is 0 Å². The Balaban J connectivity index is 1.63. The van der Waals surface area contributed by atoms with Crippen molar-refractivity contribution in [2.24, 2.45) is 5.41 Å². The molecule has 0 bridgehead atoms. The highest BCUT2D eigenvalue weighted by Gasteiger charge is 2.34. The van der Waals surface area contributed by atoms with Crippen molar-refractivity contribution in [1.82, 2.24) is 9.80 Å². The third-order valence-corrected chi connectivity index (χ3v) is 5.98. The van der Waals surface area contributed by atoms with Crippen molar-refractivity contribution in [3.05, 3.63) is 35.4 Å². The first-order valence-electron chi connectivity index (χ1n) is 9.37. The molecular formula is C20H30N2O2. The first kappa shape index (κ1) is 17.4. The van der Waals surface area contributed by atoms with Crippen molar-refractivity contribution < 1.29 is 9.90 Å². The number of likely N-dealkylation sites (tertiary alicyclic amines) is 2. The molecule has 4 heteroatoms. The number of aliphatic hydroxyl groups is 1. The number of amides is 1. The maximum Gasteiger partial charge on any atom is 0.253 e. The summed E-state index contributed by atoms with van der Waals surface area (Å²) in [6, 6.07) is 8.13. The van der Waals surface area contributed by atoms with Gasteiger partial charge in [0.05, 0.1) is 0 Å². The molecule has 1 amide bonds. The van der Waals surface area contributed by atoms with Gasteiger partial charge in [-0.25, -0.2) is 0 Å². The van der Waals surface area contributed by atoms with E-state index in [1.165, 1.54) is 31.5 Å². The van der Waals surface area contributed by atoms with Crippen molar-refractivity contribution >= 4 is 5.91 Å². The fraction of sp³-hybridized carbons (Fsp3) is 0.650. The van der Waals surface area contributed by atoms with Gasteiger partial charge in [0.1, 0.15) is 0 Å². The molecule has 24 heavy (non-hydrogen) atoms. The van der Waals surface area contributed by atoms with Crippen LogP contribution in [0.5, 0.6) is 0 Å². The van der Waals surface area contributed by atoms with E-state index in [1.54, 1.807) is 0 Å². The number of piperidine rings is 1. The quantitative estimate of drug-likeness (QED) is 0.903. The van der Waals surface area contributed by atoms with E-state index in [1.807, 2.05) is 17.0 Å². The Bertz CT molecular complexity index is 553. The zero-order chi connectivity index (χ0) is 17.0. The van der Waals surface area contributed by atoms with Gasteiger partial charge in [0.25, 0.3) is 5.91 Å². The van der Waals surface area contributed by atoms with Gasteiger partial charge in [0, 0.05) is 31.8 Å². The highest BCUT2D eigenvalue weighted by Crippen LogP contribution is 2.34.